The van der Waals surface area contributed by atoms with Crippen LogP contribution in [0.25, 0.3) is 11.1 Å². The molecule has 0 bridgehead atoms. The van der Waals surface area contributed by atoms with Crippen molar-refractivity contribution < 1.29 is 4.39 Å². The molecule has 92 valence electrons. The van der Waals surface area contributed by atoms with Crippen LogP contribution in [0.4, 0.5) is 4.39 Å². The lowest BCUT2D eigenvalue weighted by molar-refractivity contribution is 0.630. The second-order valence-electron chi connectivity index (χ2n) is 4.53. The molecule has 0 unspecified atom stereocenters. The van der Waals surface area contributed by atoms with Crippen LogP contribution >= 0.6 is 11.6 Å². The molecule has 0 saturated carbocycles. The monoisotopic (exact) mass is 261 g/mol. The van der Waals surface area contributed by atoms with E-state index in [-0.39, 0.29) is 5.82 Å². The smallest absolute Gasteiger partial charge is 0.132 e. The van der Waals surface area contributed by atoms with E-state index in [1.165, 1.54) is 17.2 Å². The van der Waals surface area contributed by atoms with Crippen LogP contribution < -0.4 is 5.32 Å². The van der Waals surface area contributed by atoms with Crippen LogP contribution in [0.2, 0.25) is 5.02 Å². The highest BCUT2D eigenvalue weighted by Gasteiger charge is 2.11. The van der Waals surface area contributed by atoms with Gasteiger partial charge in [0.15, 0.2) is 0 Å². The van der Waals surface area contributed by atoms with Crippen LogP contribution in [0.1, 0.15) is 11.1 Å². The van der Waals surface area contributed by atoms with Gasteiger partial charge in [0.25, 0.3) is 0 Å². The summed E-state index contributed by atoms with van der Waals surface area (Å²) in [7, 11) is 0. The SMILES string of the molecule is Fc1cc(Cl)ccc1-c1ccc2c(c1)CCNC2. The van der Waals surface area contributed by atoms with Gasteiger partial charge in [-0.2, -0.15) is 0 Å². The minimum atomic E-state index is -0.267. The van der Waals surface area contributed by atoms with Crippen LogP contribution in [-0.4, -0.2) is 6.54 Å². The fourth-order valence-electron chi connectivity index (χ4n) is 2.37. The van der Waals surface area contributed by atoms with Crippen LogP contribution in [0, 0.1) is 5.82 Å². The van der Waals surface area contributed by atoms with Gasteiger partial charge in [0, 0.05) is 17.1 Å². The largest absolute Gasteiger partial charge is 0.312 e. The summed E-state index contributed by atoms with van der Waals surface area (Å²) in [5, 5.41) is 3.76. The first-order chi connectivity index (χ1) is 8.74. The normalized spacial score (nSPS) is 14.3. The van der Waals surface area contributed by atoms with E-state index in [4.69, 9.17) is 11.6 Å². The third-order valence-electron chi connectivity index (χ3n) is 3.33. The molecule has 2 aromatic carbocycles. The summed E-state index contributed by atoms with van der Waals surface area (Å²) in [5.74, 6) is -0.267. The van der Waals surface area contributed by atoms with Crippen molar-refractivity contribution in [2.24, 2.45) is 0 Å². The molecule has 3 heteroatoms. The Balaban J connectivity index is 2.06. The van der Waals surface area contributed by atoms with Crippen LogP contribution in [0.15, 0.2) is 36.4 Å². The van der Waals surface area contributed by atoms with E-state index in [2.05, 4.69) is 17.4 Å². The maximum Gasteiger partial charge on any atom is 0.132 e. The Hall–Kier alpha value is -1.38. The molecule has 0 fully saturated rings. The number of hydrogen-bond acceptors (Lipinski definition) is 1. The van der Waals surface area contributed by atoms with Gasteiger partial charge in [0.05, 0.1) is 0 Å². The van der Waals surface area contributed by atoms with Gasteiger partial charge in [-0.3, -0.25) is 0 Å². The van der Waals surface area contributed by atoms with Crippen molar-refractivity contribution in [2.75, 3.05) is 6.54 Å². The van der Waals surface area contributed by atoms with Crippen molar-refractivity contribution >= 4 is 11.6 Å². The highest BCUT2D eigenvalue weighted by atomic mass is 35.5. The molecule has 0 spiro atoms. The van der Waals surface area contributed by atoms with Gasteiger partial charge in [-0.05, 0) is 47.9 Å². The zero-order valence-corrected chi connectivity index (χ0v) is 10.6. The van der Waals surface area contributed by atoms with E-state index in [0.29, 0.717) is 10.6 Å². The topological polar surface area (TPSA) is 12.0 Å². The van der Waals surface area contributed by atoms with Gasteiger partial charge < -0.3 is 5.32 Å². The molecular weight excluding hydrogens is 249 g/mol. The summed E-state index contributed by atoms with van der Waals surface area (Å²) in [6, 6.07) is 10.9. The second kappa shape index (κ2) is 4.71. The molecule has 18 heavy (non-hydrogen) atoms. The number of nitrogens with one attached hydrogen (secondary N) is 1. The lowest BCUT2D eigenvalue weighted by Crippen LogP contribution is -2.23. The zero-order chi connectivity index (χ0) is 12.5. The molecule has 0 saturated heterocycles. The first-order valence-corrected chi connectivity index (χ1v) is 6.40. The molecule has 3 rings (SSSR count). The molecule has 0 aromatic heterocycles. The number of halogens is 2. The lowest BCUT2D eigenvalue weighted by atomic mass is 9.95. The Morgan fingerprint density at radius 2 is 1.94 bits per heavy atom. The molecular formula is C15H13ClFN. The Bertz CT molecular complexity index is 595. The molecule has 1 nitrogen and oxygen atoms in total. The lowest BCUT2D eigenvalue weighted by Gasteiger charge is -2.18. The third-order valence-corrected chi connectivity index (χ3v) is 3.57. The third kappa shape index (κ3) is 2.14. The molecule has 1 aliphatic heterocycles. The van der Waals surface area contributed by atoms with Gasteiger partial charge in [0.1, 0.15) is 5.82 Å². The number of fused-ring (bicyclic) bond motifs is 1. The zero-order valence-electron chi connectivity index (χ0n) is 9.84. The van der Waals surface area contributed by atoms with Gasteiger partial charge in [-0.25, -0.2) is 4.39 Å². The average molecular weight is 262 g/mol. The molecule has 0 amide bonds. The van der Waals surface area contributed by atoms with Crippen molar-refractivity contribution in [2.45, 2.75) is 13.0 Å². The fraction of sp³-hybridized carbons (Fsp3) is 0.200. The summed E-state index contributed by atoms with van der Waals surface area (Å²) in [5.41, 5.74) is 4.14. The molecule has 1 heterocycles. The fourth-order valence-corrected chi connectivity index (χ4v) is 2.53. The average Bonchev–Trinajstić information content (AvgIpc) is 2.38. The van der Waals surface area contributed by atoms with E-state index >= 15 is 0 Å². The molecule has 1 aliphatic rings. The van der Waals surface area contributed by atoms with Crippen molar-refractivity contribution in [3.05, 3.63) is 58.4 Å². The van der Waals surface area contributed by atoms with Crippen molar-refractivity contribution in [3.8, 4) is 11.1 Å². The summed E-state index contributed by atoms with van der Waals surface area (Å²) in [4.78, 5) is 0. The Labute approximate surface area is 111 Å². The van der Waals surface area contributed by atoms with Gasteiger partial charge in [-0.1, -0.05) is 29.8 Å². The predicted octanol–water partition coefficient (Wildman–Crippen LogP) is 3.79. The predicted molar refractivity (Wildman–Crippen MR) is 72.3 cm³/mol. The van der Waals surface area contributed by atoms with E-state index < -0.39 is 0 Å². The van der Waals surface area contributed by atoms with E-state index in [1.807, 2.05) is 6.07 Å². The Kier molecular flexibility index (Phi) is 3.06. The molecule has 1 N–H and O–H groups in total. The molecule has 0 aliphatic carbocycles. The van der Waals surface area contributed by atoms with Gasteiger partial charge >= 0.3 is 0 Å². The Morgan fingerprint density at radius 1 is 1.06 bits per heavy atom. The van der Waals surface area contributed by atoms with Gasteiger partial charge in [-0.15, -0.1) is 0 Å². The first kappa shape index (κ1) is 11.7. The summed E-state index contributed by atoms with van der Waals surface area (Å²) < 4.78 is 13.9. The number of hydrogen-bond donors (Lipinski definition) is 1. The van der Waals surface area contributed by atoms with Crippen molar-refractivity contribution in [1.29, 1.82) is 0 Å². The minimum Gasteiger partial charge on any atom is -0.312 e. The maximum absolute atomic E-state index is 13.9. The Morgan fingerprint density at radius 3 is 2.78 bits per heavy atom. The van der Waals surface area contributed by atoms with E-state index in [0.717, 1.165) is 25.1 Å². The van der Waals surface area contributed by atoms with Crippen LogP contribution in [0.3, 0.4) is 0 Å². The highest BCUT2D eigenvalue weighted by Crippen LogP contribution is 2.28. The second-order valence-corrected chi connectivity index (χ2v) is 4.97. The van der Waals surface area contributed by atoms with Crippen LogP contribution in [0.5, 0.6) is 0 Å². The summed E-state index contributed by atoms with van der Waals surface area (Å²) >= 11 is 5.77. The van der Waals surface area contributed by atoms with E-state index in [1.54, 1.807) is 12.1 Å². The first-order valence-electron chi connectivity index (χ1n) is 6.02. The standard InChI is InChI=1S/C15H13ClFN/c16-13-3-4-14(15(17)8-13)11-1-2-12-9-18-6-5-10(12)7-11/h1-4,7-8,18H,5-6,9H2. The van der Waals surface area contributed by atoms with Gasteiger partial charge in [0.2, 0.25) is 0 Å². The van der Waals surface area contributed by atoms with E-state index in [9.17, 15) is 4.39 Å². The minimum absolute atomic E-state index is 0.267. The van der Waals surface area contributed by atoms with Crippen molar-refractivity contribution in [3.63, 3.8) is 0 Å². The summed E-state index contributed by atoms with van der Waals surface area (Å²) in [6.07, 6.45) is 0.998. The molecule has 2 aromatic rings. The number of benzene rings is 2. The maximum atomic E-state index is 13.9. The highest BCUT2D eigenvalue weighted by molar-refractivity contribution is 6.30. The number of rotatable bonds is 1. The molecule has 0 atom stereocenters. The van der Waals surface area contributed by atoms with Crippen molar-refractivity contribution in [1.82, 2.24) is 5.32 Å². The quantitative estimate of drug-likeness (QED) is 0.824. The van der Waals surface area contributed by atoms with Crippen LogP contribution in [-0.2, 0) is 13.0 Å². The summed E-state index contributed by atoms with van der Waals surface area (Å²) in [6.45, 7) is 1.89. The molecule has 0 radical (unpaired) electrons.